The highest BCUT2D eigenvalue weighted by molar-refractivity contribution is 4.80. The number of piperazine rings is 1. The van der Waals surface area contributed by atoms with Gasteiger partial charge in [-0.25, -0.2) is 0 Å². The largest absolute Gasteiger partial charge is 0.312 e. The maximum atomic E-state index is 3.57. The number of nitrogens with one attached hydrogen (secondary N) is 1. The van der Waals surface area contributed by atoms with E-state index < -0.39 is 0 Å². The second-order valence-corrected chi connectivity index (χ2v) is 7.12. The van der Waals surface area contributed by atoms with Crippen LogP contribution in [0.25, 0.3) is 0 Å². The van der Waals surface area contributed by atoms with Crippen LogP contribution in [0.1, 0.15) is 40.0 Å². The zero-order valence-corrected chi connectivity index (χ0v) is 12.5. The minimum absolute atomic E-state index is 0.267. The molecule has 1 heterocycles. The monoisotopic (exact) mass is 253 g/mol. The standard InChI is InChI=1S/C15H31N3/c1-15(2,3)16-7-4-8-17-9-11-18(12-10-17)13-14-5-6-14/h14,16H,4-13H2,1-3H3. The topological polar surface area (TPSA) is 18.5 Å². The summed E-state index contributed by atoms with van der Waals surface area (Å²) < 4.78 is 0. The number of hydrogen-bond donors (Lipinski definition) is 1. The molecule has 1 saturated carbocycles. The van der Waals surface area contributed by atoms with E-state index in [-0.39, 0.29) is 5.54 Å². The Labute approximate surface area is 113 Å². The van der Waals surface area contributed by atoms with Gasteiger partial charge < -0.3 is 15.1 Å². The van der Waals surface area contributed by atoms with Gasteiger partial charge in [0.1, 0.15) is 0 Å². The molecule has 0 bridgehead atoms. The summed E-state index contributed by atoms with van der Waals surface area (Å²) in [4.78, 5) is 5.30. The summed E-state index contributed by atoms with van der Waals surface area (Å²) in [5.41, 5.74) is 0.267. The molecule has 0 radical (unpaired) electrons. The lowest BCUT2D eigenvalue weighted by atomic mass is 10.1. The van der Waals surface area contributed by atoms with E-state index >= 15 is 0 Å². The van der Waals surface area contributed by atoms with Gasteiger partial charge >= 0.3 is 0 Å². The highest BCUT2D eigenvalue weighted by atomic mass is 15.3. The minimum atomic E-state index is 0.267. The van der Waals surface area contributed by atoms with Gasteiger partial charge in [0.25, 0.3) is 0 Å². The molecular formula is C15H31N3. The molecule has 0 unspecified atom stereocenters. The molecule has 1 aliphatic heterocycles. The highest BCUT2D eigenvalue weighted by Gasteiger charge is 2.26. The first-order valence-electron chi connectivity index (χ1n) is 7.73. The van der Waals surface area contributed by atoms with Gasteiger partial charge in [-0.3, -0.25) is 0 Å². The zero-order chi connectivity index (χ0) is 13.0. The third kappa shape index (κ3) is 5.68. The van der Waals surface area contributed by atoms with Gasteiger partial charge in [0.2, 0.25) is 0 Å². The van der Waals surface area contributed by atoms with Gasteiger partial charge in [-0.15, -0.1) is 0 Å². The third-order valence-corrected chi connectivity index (χ3v) is 3.98. The van der Waals surface area contributed by atoms with E-state index in [4.69, 9.17) is 0 Å². The Morgan fingerprint density at radius 2 is 1.61 bits per heavy atom. The van der Waals surface area contributed by atoms with Crippen LogP contribution in [0.4, 0.5) is 0 Å². The zero-order valence-electron chi connectivity index (χ0n) is 12.5. The molecule has 2 aliphatic rings. The van der Waals surface area contributed by atoms with E-state index in [2.05, 4.69) is 35.9 Å². The van der Waals surface area contributed by atoms with Crippen molar-refractivity contribution in [1.82, 2.24) is 15.1 Å². The maximum absolute atomic E-state index is 3.57. The molecule has 0 spiro atoms. The van der Waals surface area contributed by atoms with Gasteiger partial charge in [0.05, 0.1) is 0 Å². The van der Waals surface area contributed by atoms with Gasteiger partial charge in [0, 0.05) is 38.3 Å². The highest BCUT2D eigenvalue weighted by Crippen LogP contribution is 2.29. The number of nitrogens with zero attached hydrogens (tertiary/aromatic N) is 2. The summed E-state index contributed by atoms with van der Waals surface area (Å²) in [6.45, 7) is 15.7. The fourth-order valence-electron chi connectivity index (χ4n) is 2.63. The summed E-state index contributed by atoms with van der Waals surface area (Å²) >= 11 is 0. The summed E-state index contributed by atoms with van der Waals surface area (Å²) in [6, 6.07) is 0. The lowest BCUT2D eigenvalue weighted by Gasteiger charge is -2.35. The van der Waals surface area contributed by atoms with Crippen LogP contribution < -0.4 is 5.32 Å². The fourth-order valence-corrected chi connectivity index (χ4v) is 2.63. The van der Waals surface area contributed by atoms with Gasteiger partial charge in [0.15, 0.2) is 0 Å². The normalized spacial score (nSPS) is 23.5. The van der Waals surface area contributed by atoms with Crippen LogP contribution in [0.3, 0.4) is 0 Å². The lowest BCUT2D eigenvalue weighted by molar-refractivity contribution is 0.127. The molecule has 2 fully saturated rings. The number of hydrogen-bond acceptors (Lipinski definition) is 3. The molecule has 0 atom stereocenters. The average molecular weight is 253 g/mol. The van der Waals surface area contributed by atoms with Crippen molar-refractivity contribution < 1.29 is 0 Å². The van der Waals surface area contributed by atoms with Crippen LogP contribution in [0.2, 0.25) is 0 Å². The first-order chi connectivity index (χ1) is 8.53. The summed E-state index contributed by atoms with van der Waals surface area (Å²) in [6.07, 6.45) is 4.25. The molecule has 106 valence electrons. The van der Waals surface area contributed by atoms with Crippen molar-refractivity contribution in [2.45, 2.75) is 45.6 Å². The Kier molecular flexibility index (Phi) is 5.05. The van der Waals surface area contributed by atoms with Gasteiger partial charge in [-0.2, -0.15) is 0 Å². The quantitative estimate of drug-likeness (QED) is 0.728. The SMILES string of the molecule is CC(C)(C)NCCCN1CCN(CC2CC2)CC1. The first kappa shape index (κ1) is 14.3. The molecule has 0 amide bonds. The van der Waals surface area contributed by atoms with Crippen LogP contribution in [0.15, 0.2) is 0 Å². The first-order valence-corrected chi connectivity index (χ1v) is 7.73. The maximum Gasteiger partial charge on any atom is 0.0110 e. The van der Waals surface area contributed by atoms with Crippen molar-refractivity contribution in [3.63, 3.8) is 0 Å². The van der Waals surface area contributed by atoms with Crippen molar-refractivity contribution >= 4 is 0 Å². The van der Waals surface area contributed by atoms with Crippen molar-refractivity contribution in [2.75, 3.05) is 45.8 Å². The molecule has 2 rings (SSSR count). The molecule has 3 nitrogen and oxygen atoms in total. The smallest absolute Gasteiger partial charge is 0.0110 e. The van der Waals surface area contributed by atoms with Crippen molar-refractivity contribution in [3.05, 3.63) is 0 Å². The van der Waals surface area contributed by atoms with E-state index in [1.807, 2.05) is 0 Å². The molecule has 1 aliphatic carbocycles. The predicted octanol–water partition coefficient (Wildman–Crippen LogP) is 1.79. The third-order valence-electron chi connectivity index (χ3n) is 3.98. The van der Waals surface area contributed by atoms with Crippen molar-refractivity contribution in [3.8, 4) is 0 Å². The van der Waals surface area contributed by atoms with Gasteiger partial charge in [-0.05, 0) is 59.0 Å². The van der Waals surface area contributed by atoms with E-state index in [9.17, 15) is 0 Å². The molecule has 0 aromatic heterocycles. The van der Waals surface area contributed by atoms with E-state index in [1.54, 1.807) is 0 Å². The predicted molar refractivity (Wildman–Crippen MR) is 78.0 cm³/mol. The summed E-state index contributed by atoms with van der Waals surface area (Å²) in [5, 5.41) is 3.57. The second kappa shape index (κ2) is 6.36. The Bertz CT molecular complexity index is 235. The Morgan fingerprint density at radius 3 is 2.17 bits per heavy atom. The Hall–Kier alpha value is -0.120. The van der Waals surface area contributed by atoms with Crippen LogP contribution in [0.5, 0.6) is 0 Å². The average Bonchev–Trinajstić information content (AvgIpc) is 3.09. The Morgan fingerprint density at radius 1 is 1.00 bits per heavy atom. The van der Waals surface area contributed by atoms with Gasteiger partial charge in [-0.1, -0.05) is 0 Å². The van der Waals surface area contributed by atoms with Crippen molar-refractivity contribution in [1.29, 1.82) is 0 Å². The van der Waals surface area contributed by atoms with Crippen LogP contribution in [0, 0.1) is 5.92 Å². The molecular weight excluding hydrogens is 222 g/mol. The van der Waals surface area contributed by atoms with Crippen LogP contribution in [-0.4, -0.2) is 61.2 Å². The van der Waals surface area contributed by atoms with E-state index in [0.29, 0.717) is 0 Å². The molecule has 0 aromatic rings. The van der Waals surface area contributed by atoms with E-state index in [0.717, 1.165) is 12.5 Å². The molecule has 18 heavy (non-hydrogen) atoms. The molecule has 1 saturated heterocycles. The van der Waals surface area contributed by atoms with Crippen LogP contribution in [-0.2, 0) is 0 Å². The molecule has 1 N–H and O–H groups in total. The van der Waals surface area contributed by atoms with Crippen LogP contribution >= 0.6 is 0 Å². The summed E-state index contributed by atoms with van der Waals surface area (Å²) in [5.74, 6) is 1.05. The number of rotatable bonds is 6. The minimum Gasteiger partial charge on any atom is -0.312 e. The lowest BCUT2D eigenvalue weighted by Crippen LogP contribution is -2.47. The summed E-state index contributed by atoms with van der Waals surface area (Å²) in [7, 11) is 0. The Balaban J connectivity index is 1.50. The van der Waals surface area contributed by atoms with E-state index in [1.165, 1.54) is 58.5 Å². The second-order valence-electron chi connectivity index (χ2n) is 7.12. The molecule has 3 heteroatoms. The van der Waals surface area contributed by atoms with Crippen molar-refractivity contribution in [2.24, 2.45) is 5.92 Å². The molecule has 0 aromatic carbocycles. The fraction of sp³-hybridized carbons (Fsp3) is 1.00.